The van der Waals surface area contributed by atoms with E-state index in [1.54, 1.807) is 12.1 Å². The van der Waals surface area contributed by atoms with Gasteiger partial charge in [-0.3, -0.25) is 0 Å². The fourth-order valence-electron chi connectivity index (χ4n) is 2.53. The van der Waals surface area contributed by atoms with Gasteiger partial charge in [-0.25, -0.2) is 9.59 Å². The Labute approximate surface area is 124 Å². The summed E-state index contributed by atoms with van der Waals surface area (Å²) in [6, 6.07) is 4.90. The SMILES string of the molecule is CC(C)(C)OC(=O)N[C@H]1CCCc2ccc(C(=O)O)cc21. The second-order valence-electron chi connectivity index (χ2n) is 6.31. The first-order valence-corrected chi connectivity index (χ1v) is 7.12. The molecule has 1 atom stereocenters. The van der Waals surface area contributed by atoms with Gasteiger partial charge in [-0.15, -0.1) is 0 Å². The van der Waals surface area contributed by atoms with Crippen molar-refractivity contribution >= 4 is 12.1 Å². The van der Waals surface area contributed by atoms with Gasteiger partial charge in [-0.1, -0.05) is 6.07 Å². The monoisotopic (exact) mass is 291 g/mol. The lowest BCUT2D eigenvalue weighted by atomic mass is 9.86. The van der Waals surface area contributed by atoms with Crippen LogP contribution in [0.25, 0.3) is 0 Å². The number of hydrogen-bond donors (Lipinski definition) is 2. The Bertz CT molecular complexity index is 560. The van der Waals surface area contributed by atoms with E-state index in [9.17, 15) is 9.59 Å². The second-order valence-corrected chi connectivity index (χ2v) is 6.31. The average Bonchev–Trinajstić information content (AvgIpc) is 2.36. The number of carboxylic acid groups (broad SMARTS) is 1. The van der Waals surface area contributed by atoms with Crippen LogP contribution in [0.2, 0.25) is 0 Å². The molecule has 1 aromatic carbocycles. The minimum atomic E-state index is -0.959. The molecule has 0 heterocycles. The van der Waals surface area contributed by atoms with Crippen LogP contribution in [0.3, 0.4) is 0 Å². The summed E-state index contributed by atoms with van der Waals surface area (Å²) in [4.78, 5) is 23.0. The number of carboxylic acids is 1. The predicted octanol–water partition coefficient (Wildman–Crippen LogP) is 3.29. The summed E-state index contributed by atoms with van der Waals surface area (Å²) < 4.78 is 5.27. The van der Waals surface area contributed by atoms with E-state index in [1.165, 1.54) is 0 Å². The zero-order valence-corrected chi connectivity index (χ0v) is 12.6. The van der Waals surface area contributed by atoms with Gasteiger partial charge in [-0.2, -0.15) is 0 Å². The molecule has 1 aromatic rings. The standard InChI is InChI=1S/C16H21NO4/c1-16(2,3)21-15(20)17-13-6-4-5-10-7-8-11(14(18)19)9-12(10)13/h7-9,13H,4-6H2,1-3H3,(H,17,20)(H,18,19)/t13-/m0/s1. The smallest absolute Gasteiger partial charge is 0.408 e. The zero-order valence-electron chi connectivity index (χ0n) is 12.6. The van der Waals surface area contributed by atoms with Gasteiger partial charge in [-0.05, 0) is 63.3 Å². The maximum atomic E-state index is 11.9. The maximum Gasteiger partial charge on any atom is 0.408 e. The third-order valence-corrected chi connectivity index (χ3v) is 3.40. The van der Waals surface area contributed by atoms with Gasteiger partial charge in [0, 0.05) is 0 Å². The molecule has 0 fully saturated rings. The molecule has 21 heavy (non-hydrogen) atoms. The largest absolute Gasteiger partial charge is 0.478 e. The van der Waals surface area contributed by atoms with E-state index in [0.717, 1.165) is 30.4 Å². The van der Waals surface area contributed by atoms with Gasteiger partial charge in [0.2, 0.25) is 0 Å². The molecule has 5 nitrogen and oxygen atoms in total. The normalized spacial score (nSPS) is 17.8. The van der Waals surface area contributed by atoms with Crippen LogP contribution >= 0.6 is 0 Å². The molecule has 0 bridgehead atoms. The lowest BCUT2D eigenvalue weighted by molar-refractivity contribution is 0.0498. The molecular formula is C16H21NO4. The number of aromatic carboxylic acids is 1. The number of ether oxygens (including phenoxy) is 1. The highest BCUT2D eigenvalue weighted by atomic mass is 16.6. The Morgan fingerprint density at radius 3 is 2.67 bits per heavy atom. The lowest BCUT2D eigenvalue weighted by Crippen LogP contribution is -2.36. The number of carbonyl (C=O) groups is 2. The molecule has 1 amide bonds. The number of rotatable bonds is 2. The molecule has 2 rings (SSSR count). The van der Waals surface area contributed by atoms with E-state index in [-0.39, 0.29) is 11.6 Å². The van der Waals surface area contributed by atoms with E-state index in [2.05, 4.69) is 5.32 Å². The summed E-state index contributed by atoms with van der Waals surface area (Å²) in [7, 11) is 0. The Kier molecular flexibility index (Phi) is 4.21. The summed E-state index contributed by atoms with van der Waals surface area (Å²) >= 11 is 0. The maximum absolute atomic E-state index is 11.9. The van der Waals surface area contributed by atoms with Crippen molar-refractivity contribution in [3.8, 4) is 0 Å². The summed E-state index contributed by atoms with van der Waals surface area (Å²) in [5.74, 6) is -0.959. The van der Waals surface area contributed by atoms with Crippen LogP contribution in [0.4, 0.5) is 4.79 Å². The van der Waals surface area contributed by atoms with Crippen LogP contribution in [0.1, 0.15) is 61.1 Å². The molecule has 0 radical (unpaired) electrons. The van der Waals surface area contributed by atoms with Gasteiger partial charge < -0.3 is 15.2 Å². The Balaban J connectivity index is 2.19. The molecule has 114 valence electrons. The third-order valence-electron chi connectivity index (χ3n) is 3.40. The van der Waals surface area contributed by atoms with Crippen molar-refractivity contribution in [3.05, 3.63) is 34.9 Å². The first kappa shape index (κ1) is 15.4. The molecule has 0 unspecified atom stereocenters. The third kappa shape index (κ3) is 3.97. The quantitative estimate of drug-likeness (QED) is 0.876. The minimum absolute atomic E-state index is 0.192. The molecule has 0 saturated heterocycles. The van der Waals surface area contributed by atoms with Crippen LogP contribution in [-0.2, 0) is 11.2 Å². The molecule has 1 aliphatic carbocycles. The van der Waals surface area contributed by atoms with E-state index < -0.39 is 17.7 Å². The van der Waals surface area contributed by atoms with Crippen LogP contribution < -0.4 is 5.32 Å². The van der Waals surface area contributed by atoms with Crippen LogP contribution in [-0.4, -0.2) is 22.8 Å². The number of amides is 1. The topological polar surface area (TPSA) is 75.6 Å². The molecule has 0 spiro atoms. The first-order valence-electron chi connectivity index (χ1n) is 7.12. The van der Waals surface area contributed by atoms with Crippen molar-refractivity contribution < 1.29 is 19.4 Å². The van der Waals surface area contributed by atoms with Crippen molar-refractivity contribution in [2.75, 3.05) is 0 Å². The molecule has 2 N–H and O–H groups in total. The van der Waals surface area contributed by atoms with Crippen molar-refractivity contribution in [1.82, 2.24) is 5.32 Å². The number of benzene rings is 1. The molecule has 5 heteroatoms. The van der Waals surface area contributed by atoms with Gasteiger partial charge in [0.1, 0.15) is 5.60 Å². The molecule has 1 aliphatic rings. The van der Waals surface area contributed by atoms with Crippen molar-refractivity contribution in [3.63, 3.8) is 0 Å². The minimum Gasteiger partial charge on any atom is -0.478 e. The molecular weight excluding hydrogens is 270 g/mol. The van der Waals surface area contributed by atoms with Gasteiger partial charge >= 0.3 is 12.1 Å². The van der Waals surface area contributed by atoms with Gasteiger partial charge in [0.15, 0.2) is 0 Å². The van der Waals surface area contributed by atoms with Crippen molar-refractivity contribution in [2.24, 2.45) is 0 Å². The number of carbonyl (C=O) groups excluding carboxylic acids is 1. The van der Waals surface area contributed by atoms with Crippen LogP contribution in [0, 0.1) is 0 Å². The molecule has 0 aliphatic heterocycles. The fraction of sp³-hybridized carbons (Fsp3) is 0.500. The van der Waals surface area contributed by atoms with Crippen molar-refractivity contribution in [2.45, 2.75) is 51.7 Å². The van der Waals surface area contributed by atoms with Crippen LogP contribution in [0.15, 0.2) is 18.2 Å². The average molecular weight is 291 g/mol. The number of fused-ring (bicyclic) bond motifs is 1. The molecule has 0 saturated carbocycles. The summed E-state index contributed by atoms with van der Waals surface area (Å²) in [5, 5.41) is 11.9. The van der Waals surface area contributed by atoms with Crippen molar-refractivity contribution in [1.29, 1.82) is 0 Å². The fourth-order valence-corrected chi connectivity index (χ4v) is 2.53. The van der Waals surface area contributed by atoms with Gasteiger partial charge in [0.25, 0.3) is 0 Å². The van der Waals surface area contributed by atoms with E-state index in [4.69, 9.17) is 9.84 Å². The number of aryl methyl sites for hydroxylation is 1. The first-order chi connectivity index (χ1) is 9.76. The highest BCUT2D eigenvalue weighted by Crippen LogP contribution is 2.30. The van der Waals surface area contributed by atoms with E-state index >= 15 is 0 Å². The lowest BCUT2D eigenvalue weighted by Gasteiger charge is -2.28. The second kappa shape index (κ2) is 5.76. The van der Waals surface area contributed by atoms with E-state index in [0.29, 0.717) is 0 Å². The highest BCUT2D eigenvalue weighted by Gasteiger charge is 2.25. The van der Waals surface area contributed by atoms with Crippen LogP contribution in [0.5, 0.6) is 0 Å². The molecule has 0 aromatic heterocycles. The summed E-state index contributed by atoms with van der Waals surface area (Å²) in [5.41, 5.74) is 1.66. The number of hydrogen-bond acceptors (Lipinski definition) is 3. The predicted molar refractivity (Wildman–Crippen MR) is 78.5 cm³/mol. The Morgan fingerprint density at radius 1 is 1.33 bits per heavy atom. The van der Waals surface area contributed by atoms with E-state index in [1.807, 2.05) is 26.8 Å². The number of alkyl carbamates (subject to hydrolysis) is 1. The highest BCUT2D eigenvalue weighted by molar-refractivity contribution is 5.88. The summed E-state index contributed by atoms with van der Waals surface area (Å²) in [6.07, 6.45) is 2.18. The zero-order chi connectivity index (χ0) is 15.6. The van der Waals surface area contributed by atoms with Gasteiger partial charge in [0.05, 0.1) is 11.6 Å². The number of nitrogens with one attached hydrogen (secondary N) is 1. The summed E-state index contributed by atoms with van der Waals surface area (Å²) in [6.45, 7) is 5.43. The Hall–Kier alpha value is -2.04. The Morgan fingerprint density at radius 2 is 2.05 bits per heavy atom.